The highest BCUT2D eigenvalue weighted by molar-refractivity contribution is 6.06. The first-order valence-corrected chi connectivity index (χ1v) is 9.38. The van der Waals surface area contributed by atoms with Crippen molar-refractivity contribution in [1.82, 2.24) is 5.32 Å². The van der Waals surface area contributed by atoms with Gasteiger partial charge in [0.05, 0.1) is 25.9 Å². The molecule has 0 saturated carbocycles. The number of rotatable bonds is 6. The van der Waals surface area contributed by atoms with Gasteiger partial charge < -0.3 is 25.0 Å². The number of ether oxygens (including phenoxy) is 2. The summed E-state index contributed by atoms with van der Waals surface area (Å²) < 4.78 is 10.8. The summed E-state index contributed by atoms with van der Waals surface area (Å²) in [6.07, 6.45) is -0.127. The highest BCUT2D eigenvalue weighted by Gasteiger charge is 2.17. The molecule has 0 aromatic heterocycles. The normalized spacial score (nSPS) is 16.2. The maximum Gasteiger partial charge on any atom is 0.319 e. The van der Waals surface area contributed by atoms with Crippen LogP contribution in [0.25, 0.3) is 0 Å². The van der Waals surface area contributed by atoms with E-state index < -0.39 is 0 Å². The van der Waals surface area contributed by atoms with Crippen LogP contribution in [0.15, 0.2) is 54.6 Å². The van der Waals surface area contributed by atoms with Gasteiger partial charge in [0.15, 0.2) is 0 Å². The van der Waals surface area contributed by atoms with Gasteiger partial charge in [0.25, 0.3) is 5.91 Å². The smallest absolute Gasteiger partial charge is 0.319 e. The Morgan fingerprint density at radius 2 is 1.82 bits per heavy atom. The summed E-state index contributed by atoms with van der Waals surface area (Å²) in [6, 6.07) is 16.1. The standard InChI is InChI=1S/C21H25N3O4/c1-2-24(18-6-4-3-5-7-18)20(25)16-8-10-17(11-9-16)23-21(26)22-14-19-15-27-12-13-28-19/h3-11,19H,2,12-15H2,1H3,(H2,22,23,26)/t19-/m0/s1. The fourth-order valence-corrected chi connectivity index (χ4v) is 2.94. The third-order valence-electron chi connectivity index (χ3n) is 4.39. The summed E-state index contributed by atoms with van der Waals surface area (Å²) in [5, 5.41) is 5.51. The van der Waals surface area contributed by atoms with Gasteiger partial charge in [-0.2, -0.15) is 0 Å². The van der Waals surface area contributed by atoms with Gasteiger partial charge >= 0.3 is 6.03 Å². The number of benzene rings is 2. The van der Waals surface area contributed by atoms with Crippen LogP contribution >= 0.6 is 0 Å². The van der Waals surface area contributed by atoms with E-state index in [1.54, 1.807) is 29.2 Å². The zero-order chi connectivity index (χ0) is 19.8. The number of hydrogen-bond donors (Lipinski definition) is 2. The zero-order valence-electron chi connectivity index (χ0n) is 15.9. The minimum absolute atomic E-state index is 0.0841. The second-order valence-corrected chi connectivity index (χ2v) is 6.37. The highest BCUT2D eigenvalue weighted by atomic mass is 16.6. The van der Waals surface area contributed by atoms with Crippen molar-refractivity contribution >= 4 is 23.3 Å². The van der Waals surface area contributed by atoms with Crippen LogP contribution in [0.3, 0.4) is 0 Å². The summed E-state index contributed by atoms with van der Waals surface area (Å²) in [7, 11) is 0. The molecule has 1 fully saturated rings. The molecule has 28 heavy (non-hydrogen) atoms. The Labute approximate surface area is 164 Å². The van der Waals surface area contributed by atoms with Crippen molar-refractivity contribution in [3.8, 4) is 0 Å². The lowest BCUT2D eigenvalue weighted by atomic mass is 10.1. The van der Waals surface area contributed by atoms with Crippen molar-refractivity contribution < 1.29 is 19.1 Å². The number of nitrogens with one attached hydrogen (secondary N) is 2. The molecular formula is C21H25N3O4. The summed E-state index contributed by atoms with van der Waals surface area (Å²) in [5.74, 6) is -0.0841. The van der Waals surface area contributed by atoms with Crippen LogP contribution in [0.5, 0.6) is 0 Å². The molecule has 1 aliphatic heterocycles. The van der Waals surface area contributed by atoms with Gasteiger partial charge in [0.1, 0.15) is 0 Å². The number of carbonyl (C=O) groups excluding carboxylic acids is 2. The second-order valence-electron chi connectivity index (χ2n) is 6.37. The lowest BCUT2D eigenvalue weighted by Gasteiger charge is -2.23. The van der Waals surface area contributed by atoms with E-state index in [2.05, 4.69) is 10.6 Å². The molecule has 7 nitrogen and oxygen atoms in total. The Morgan fingerprint density at radius 3 is 2.46 bits per heavy atom. The lowest BCUT2D eigenvalue weighted by Crippen LogP contribution is -2.41. The first kappa shape index (κ1) is 19.9. The Morgan fingerprint density at radius 1 is 1.07 bits per heavy atom. The third kappa shape index (κ3) is 5.31. The molecule has 0 unspecified atom stereocenters. The van der Waals surface area contributed by atoms with Crippen molar-refractivity contribution in [2.75, 3.05) is 43.1 Å². The molecule has 3 rings (SSSR count). The molecule has 1 saturated heterocycles. The van der Waals surface area contributed by atoms with Crippen LogP contribution in [0, 0.1) is 0 Å². The molecule has 0 aliphatic carbocycles. The van der Waals surface area contributed by atoms with Gasteiger partial charge in [0, 0.05) is 30.0 Å². The number of nitrogens with zero attached hydrogens (tertiary/aromatic N) is 1. The van der Waals surface area contributed by atoms with E-state index in [9.17, 15) is 9.59 Å². The Kier molecular flexibility index (Phi) is 7.00. The average molecular weight is 383 g/mol. The summed E-state index contributed by atoms with van der Waals surface area (Å²) in [5.41, 5.74) is 2.02. The minimum atomic E-state index is -0.326. The number of para-hydroxylation sites is 1. The average Bonchev–Trinajstić information content (AvgIpc) is 2.75. The Hall–Kier alpha value is -2.90. The molecule has 2 aromatic carbocycles. The Bertz CT molecular complexity index is 774. The molecule has 0 bridgehead atoms. The SMILES string of the molecule is CCN(C(=O)c1ccc(NC(=O)NC[C@H]2COCCO2)cc1)c1ccccc1. The van der Waals surface area contributed by atoms with E-state index in [0.717, 1.165) is 5.69 Å². The summed E-state index contributed by atoms with van der Waals surface area (Å²) in [6.45, 7) is 4.50. The van der Waals surface area contributed by atoms with Gasteiger partial charge in [-0.1, -0.05) is 18.2 Å². The van der Waals surface area contributed by atoms with Gasteiger partial charge in [-0.05, 0) is 43.3 Å². The quantitative estimate of drug-likeness (QED) is 0.804. The van der Waals surface area contributed by atoms with Crippen molar-refractivity contribution in [3.63, 3.8) is 0 Å². The number of urea groups is 1. The zero-order valence-corrected chi connectivity index (χ0v) is 15.9. The molecule has 1 atom stereocenters. The van der Waals surface area contributed by atoms with E-state index in [-0.39, 0.29) is 18.0 Å². The minimum Gasteiger partial charge on any atom is -0.376 e. The molecule has 2 N–H and O–H groups in total. The van der Waals surface area contributed by atoms with E-state index >= 15 is 0 Å². The molecule has 1 aliphatic rings. The molecule has 0 radical (unpaired) electrons. The molecule has 0 spiro atoms. The summed E-state index contributed by atoms with van der Waals surface area (Å²) in [4.78, 5) is 26.5. The topological polar surface area (TPSA) is 79.9 Å². The van der Waals surface area contributed by atoms with E-state index in [1.807, 2.05) is 37.3 Å². The fourth-order valence-electron chi connectivity index (χ4n) is 2.94. The van der Waals surface area contributed by atoms with Crippen LogP contribution in [-0.4, -0.2) is 51.0 Å². The van der Waals surface area contributed by atoms with Gasteiger partial charge in [0.2, 0.25) is 0 Å². The number of amides is 3. The van der Waals surface area contributed by atoms with Crippen molar-refractivity contribution in [2.45, 2.75) is 13.0 Å². The molecule has 3 amide bonds. The van der Waals surface area contributed by atoms with Crippen LogP contribution in [0.2, 0.25) is 0 Å². The molecule has 1 heterocycles. The van der Waals surface area contributed by atoms with Crippen LogP contribution < -0.4 is 15.5 Å². The first-order chi connectivity index (χ1) is 13.7. The molecule has 2 aromatic rings. The molecule has 148 valence electrons. The van der Waals surface area contributed by atoms with E-state index in [1.165, 1.54) is 0 Å². The molecular weight excluding hydrogens is 358 g/mol. The summed E-state index contributed by atoms with van der Waals surface area (Å²) >= 11 is 0. The Balaban J connectivity index is 1.55. The predicted molar refractivity (Wildman–Crippen MR) is 108 cm³/mol. The largest absolute Gasteiger partial charge is 0.376 e. The lowest BCUT2D eigenvalue weighted by molar-refractivity contribution is -0.0852. The van der Waals surface area contributed by atoms with Crippen molar-refractivity contribution in [2.24, 2.45) is 0 Å². The predicted octanol–water partition coefficient (Wildman–Crippen LogP) is 2.89. The maximum absolute atomic E-state index is 12.8. The second kappa shape index (κ2) is 9.87. The third-order valence-corrected chi connectivity index (χ3v) is 4.39. The fraction of sp³-hybridized carbons (Fsp3) is 0.333. The first-order valence-electron chi connectivity index (χ1n) is 9.38. The van der Waals surface area contributed by atoms with Crippen LogP contribution in [0.1, 0.15) is 17.3 Å². The number of hydrogen-bond acceptors (Lipinski definition) is 4. The van der Waals surface area contributed by atoms with Gasteiger partial charge in [-0.25, -0.2) is 4.79 Å². The highest BCUT2D eigenvalue weighted by Crippen LogP contribution is 2.18. The van der Waals surface area contributed by atoms with Crippen LogP contribution in [0.4, 0.5) is 16.2 Å². The van der Waals surface area contributed by atoms with E-state index in [4.69, 9.17) is 9.47 Å². The molecule has 7 heteroatoms. The van der Waals surface area contributed by atoms with Crippen LogP contribution in [-0.2, 0) is 9.47 Å². The van der Waals surface area contributed by atoms with Gasteiger partial charge in [-0.15, -0.1) is 0 Å². The number of carbonyl (C=O) groups is 2. The monoisotopic (exact) mass is 383 g/mol. The van der Waals surface area contributed by atoms with Gasteiger partial charge in [-0.3, -0.25) is 4.79 Å². The van der Waals surface area contributed by atoms with Crippen molar-refractivity contribution in [3.05, 3.63) is 60.2 Å². The maximum atomic E-state index is 12.8. The van der Waals surface area contributed by atoms with E-state index in [0.29, 0.717) is 44.2 Å². The number of anilines is 2. The van der Waals surface area contributed by atoms with Crippen molar-refractivity contribution in [1.29, 1.82) is 0 Å².